The van der Waals surface area contributed by atoms with Crippen LogP contribution in [-0.4, -0.2) is 28.9 Å². The Labute approximate surface area is 216 Å². The van der Waals surface area contributed by atoms with Crippen molar-refractivity contribution in [2.75, 3.05) is 6.54 Å². The third-order valence-electron chi connectivity index (χ3n) is 4.21. The van der Waals surface area contributed by atoms with Crippen molar-refractivity contribution in [1.82, 2.24) is 0 Å². The summed E-state index contributed by atoms with van der Waals surface area (Å²) >= 11 is 6.53. The standard InChI is InChI=1S/C23H27ClFNO3.C4H10.C2H6/c1-6-11-26-13-20(23(28)29)21(27)12-19(14(2)3)16(5)22(24)15(4)17-7-9-18(25)10-8-17;1-4(2)3;1-2/h7-10,12-14,27H,4,6,11H2,1-3,5H3,(H,28,29);4H,1-3H3;1-2H3/b19-12+,21-20-,22-16-,26-13?;;. The van der Waals surface area contributed by atoms with E-state index in [4.69, 9.17) is 11.6 Å². The van der Waals surface area contributed by atoms with Gasteiger partial charge in [0.25, 0.3) is 0 Å². The monoisotopic (exact) mass is 507 g/mol. The van der Waals surface area contributed by atoms with Crippen LogP contribution in [0.15, 0.2) is 69.4 Å². The molecule has 0 aliphatic carbocycles. The Hall–Kier alpha value is -2.66. The van der Waals surface area contributed by atoms with Crippen LogP contribution >= 0.6 is 11.6 Å². The van der Waals surface area contributed by atoms with E-state index in [1.54, 1.807) is 19.1 Å². The van der Waals surface area contributed by atoms with E-state index in [2.05, 4.69) is 32.3 Å². The number of nitrogens with zero attached hydrogens (tertiary/aromatic N) is 1. The van der Waals surface area contributed by atoms with Crippen LogP contribution in [0.3, 0.4) is 0 Å². The van der Waals surface area contributed by atoms with E-state index in [-0.39, 0.29) is 17.3 Å². The molecule has 0 saturated heterocycles. The summed E-state index contributed by atoms with van der Waals surface area (Å²) in [6, 6.07) is 5.80. The number of aliphatic hydroxyl groups is 1. The molecule has 35 heavy (non-hydrogen) atoms. The molecule has 6 heteroatoms. The SMILES string of the molecule is C=C(/C(Cl)=C(C)/C(=C/C(O)=C(\C=NCCC)C(=O)O)C(C)C)c1ccc(F)cc1.CC.CC(C)C. The lowest BCUT2D eigenvalue weighted by molar-refractivity contribution is -0.132. The Kier molecular flexibility index (Phi) is 18.4. The minimum Gasteiger partial charge on any atom is -0.507 e. The van der Waals surface area contributed by atoms with Crippen LogP contribution in [-0.2, 0) is 4.79 Å². The Morgan fingerprint density at radius 3 is 2.00 bits per heavy atom. The maximum atomic E-state index is 13.2. The first-order chi connectivity index (χ1) is 16.3. The number of aliphatic imine (C=N–C) groups is 1. The fourth-order valence-corrected chi connectivity index (χ4v) is 2.80. The van der Waals surface area contributed by atoms with Gasteiger partial charge in [-0.2, -0.15) is 0 Å². The number of hydrogen-bond donors (Lipinski definition) is 2. The van der Waals surface area contributed by atoms with Crippen LogP contribution in [0.4, 0.5) is 4.39 Å². The topological polar surface area (TPSA) is 69.9 Å². The Morgan fingerprint density at radius 1 is 1.11 bits per heavy atom. The predicted octanol–water partition coefficient (Wildman–Crippen LogP) is 9.00. The van der Waals surface area contributed by atoms with Crippen molar-refractivity contribution < 1.29 is 19.4 Å². The highest BCUT2D eigenvalue weighted by atomic mass is 35.5. The molecule has 0 radical (unpaired) electrons. The van der Waals surface area contributed by atoms with Gasteiger partial charge in [0.1, 0.15) is 17.1 Å². The van der Waals surface area contributed by atoms with Crippen molar-refractivity contribution in [3.05, 3.63) is 75.8 Å². The third-order valence-corrected chi connectivity index (χ3v) is 4.73. The van der Waals surface area contributed by atoms with Crippen molar-refractivity contribution in [2.24, 2.45) is 16.8 Å². The predicted molar refractivity (Wildman–Crippen MR) is 150 cm³/mol. The molecule has 0 amide bonds. The zero-order chi connectivity index (χ0) is 27.7. The van der Waals surface area contributed by atoms with Gasteiger partial charge >= 0.3 is 5.97 Å². The number of carboxylic acids is 1. The number of carboxylic acid groups (broad SMARTS) is 1. The second-order valence-corrected chi connectivity index (χ2v) is 8.93. The van der Waals surface area contributed by atoms with Crippen molar-refractivity contribution in [3.8, 4) is 0 Å². The highest BCUT2D eigenvalue weighted by molar-refractivity contribution is 6.37. The average molecular weight is 508 g/mol. The maximum absolute atomic E-state index is 13.2. The lowest BCUT2D eigenvalue weighted by Crippen LogP contribution is -2.07. The fraction of sp³-hybridized carbons (Fsp3) is 0.448. The van der Waals surface area contributed by atoms with Crippen molar-refractivity contribution in [1.29, 1.82) is 0 Å². The summed E-state index contributed by atoms with van der Waals surface area (Å²) < 4.78 is 13.2. The molecule has 0 unspecified atom stereocenters. The van der Waals surface area contributed by atoms with Crippen LogP contribution in [0.5, 0.6) is 0 Å². The largest absolute Gasteiger partial charge is 0.507 e. The van der Waals surface area contributed by atoms with Crippen LogP contribution in [0.25, 0.3) is 5.57 Å². The number of benzene rings is 1. The van der Waals surface area contributed by atoms with Gasteiger partial charge in [-0.3, -0.25) is 4.99 Å². The summed E-state index contributed by atoms with van der Waals surface area (Å²) in [4.78, 5) is 15.5. The van der Waals surface area contributed by atoms with Gasteiger partial charge in [0, 0.05) is 12.8 Å². The van der Waals surface area contributed by atoms with Gasteiger partial charge in [-0.25, -0.2) is 9.18 Å². The molecular weight excluding hydrogens is 465 g/mol. The van der Waals surface area contributed by atoms with E-state index in [0.717, 1.165) is 18.6 Å². The lowest BCUT2D eigenvalue weighted by Gasteiger charge is -2.16. The Morgan fingerprint density at radius 2 is 1.60 bits per heavy atom. The molecule has 2 N–H and O–H groups in total. The first-order valence-corrected chi connectivity index (χ1v) is 12.4. The molecule has 0 fully saturated rings. The van der Waals surface area contributed by atoms with Crippen LogP contribution in [0.2, 0.25) is 0 Å². The zero-order valence-corrected chi connectivity index (χ0v) is 23.5. The first kappa shape index (κ1) is 34.5. The van der Waals surface area contributed by atoms with E-state index in [9.17, 15) is 19.4 Å². The van der Waals surface area contributed by atoms with Crippen molar-refractivity contribution >= 4 is 29.4 Å². The smallest absolute Gasteiger partial charge is 0.341 e. The number of halogens is 2. The summed E-state index contributed by atoms with van der Waals surface area (Å²) in [6.07, 6.45) is 3.32. The van der Waals surface area contributed by atoms with E-state index in [1.165, 1.54) is 18.2 Å². The number of aliphatic carboxylic acids is 1. The number of rotatable bonds is 9. The lowest BCUT2D eigenvalue weighted by atomic mass is 9.92. The first-order valence-electron chi connectivity index (χ1n) is 12.0. The molecule has 0 atom stereocenters. The highest BCUT2D eigenvalue weighted by Crippen LogP contribution is 2.33. The fourth-order valence-electron chi connectivity index (χ4n) is 2.58. The number of hydrogen-bond acceptors (Lipinski definition) is 3. The van der Waals surface area contributed by atoms with E-state index < -0.39 is 11.7 Å². The van der Waals surface area contributed by atoms with Gasteiger partial charge < -0.3 is 10.2 Å². The van der Waals surface area contributed by atoms with Crippen molar-refractivity contribution in [2.45, 2.75) is 68.7 Å². The molecule has 0 aliphatic heterocycles. The van der Waals surface area contributed by atoms with E-state index >= 15 is 0 Å². The maximum Gasteiger partial charge on any atom is 0.341 e. The highest BCUT2D eigenvalue weighted by Gasteiger charge is 2.16. The van der Waals surface area contributed by atoms with Gasteiger partial charge in [-0.15, -0.1) is 0 Å². The van der Waals surface area contributed by atoms with Gasteiger partial charge in [0.05, 0.1) is 5.03 Å². The van der Waals surface area contributed by atoms with Crippen molar-refractivity contribution in [3.63, 3.8) is 0 Å². The molecular formula is C29H43ClFNO3. The van der Waals surface area contributed by atoms with Gasteiger partial charge in [-0.05, 0) is 65.7 Å². The average Bonchev–Trinajstić information content (AvgIpc) is 2.79. The summed E-state index contributed by atoms with van der Waals surface area (Å²) in [7, 11) is 0. The molecule has 4 nitrogen and oxygen atoms in total. The second kappa shape index (κ2) is 18.6. The van der Waals surface area contributed by atoms with Gasteiger partial charge in [0.2, 0.25) is 0 Å². The summed E-state index contributed by atoms with van der Waals surface area (Å²) in [5.74, 6) is -1.26. The molecule has 196 valence electrons. The molecule has 0 heterocycles. The molecule has 0 bridgehead atoms. The summed E-state index contributed by atoms with van der Waals surface area (Å²) in [5, 5.41) is 20.1. The minimum absolute atomic E-state index is 0.0606. The quantitative estimate of drug-likeness (QED) is 0.151. The second-order valence-electron chi connectivity index (χ2n) is 8.55. The molecule has 1 aromatic carbocycles. The van der Waals surface area contributed by atoms with Crippen LogP contribution in [0.1, 0.15) is 74.3 Å². The number of allylic oxidation sites excluding steroid dienone is 5. The number of carbonyl (C=O) groups is 1. The Balaban J connectivity index is 0. The minimum atomic E-state index is -1.27. The van der Waals surface area contributed by atoms with Crippen LogP contribution < -0.4 is 0 Å². The molecule has 0 aliphatic rings. The van der Waals surface area contributed by atoms with E-state index in [1.807, 2.05) is 34.6 Å². The normalized spacial score (nSPS) is 12.9. The molecule has 1 rings (SSSR count). The van der Waals surface area contributed by atoms with Gasteiger partial charge in [-0.1, -0.05) is 85.7 Å². The third kappa shape index (κ3) is 13.7. The van der Waals surface area contributed by atoms with Gasteiger partial charge in [0.15, 0.2) is 0 Å². The number of aliphatic hydroxyl groups excluding tert-OH is 1. The molecule has 0 aromatic heterocycles. The van der Waals surface area contributed by atoms with Crippen LogP contribution in [0, 0.1) is 17.7 Å². The molecule has 0 spiro atoms. The summed E-state index contributed by atoms with van der Waals surface area (Å²) in [5.41, 5.74) is 2.16. The molecule has 0 saturated carbocycles. The Bertz CT molecular complexity index is 921. The van der Waals surface area contributed by atoms with E-state index in [0.29, 0.717) is 33.9 Å². The zero-order valence-electron chi connectivity index (χ0n) is 22.7. The summed E-state index contributed by atoms with van der Waals surface area (Å²) in [6.45, 7) is 22.4. The molecule has 1 aromatic rings.